The van der Waals surface area contributed by atoms with Crippen LogP contribution in [0.1, 0.15) is 78.6 Å². The van der Waals surface area contributed by atoms with Crippen molar-refractivity contribution in [1.29, 1.82) is 0 Å². The van der Waals surface area contributed by atoms with Gasteiger partial charge in [0, 0.05) is 13.2 Å². The number of carbonyl (C=O) groups excluding carboxylic acids is 2. The fraction of sp³-hybridized carbons (Fsp3) is 0.909. The summed E-state index contributed by atoms with van der Waals surface area (Å²) in [5, 5.41) is 3.28. The van der Waals surface area contributed by atoms with Crippen LogP contribution in [0.25, 0.3) is 0 Å². The molecule has 0 aromatic heterocycles. The molecule has 0 aliphatic heterocycles. The average Bonchev–Trinajstić information content (AvgIpc) is 3.28. The molecule has 0 radical (unpaired) electrons. The first-order valence-corrected chi connectivity index (χ1v) is 10.9. The normalized spacial score (nSPS) is 20.9. The Morgan fingerprint density at radius 3 is 2.29 bits per heavy atom. The lowest BCUT2D eigenvalue weighted by molar-refractivity contribution is -0.164. The highest BCUT2D eigenvalue weighted by Gasteiger charge is 2.45. The molecule has 6 nitrogen and oxygen atoms in total. The second-order valence-electron chi connectivity index (χ2n) is 9.44. The molecule has 0 heterocycles. The average molecular weight is 398 g/mol. The SMILES string of the molecule is COCCOCC(CC1(C(=O)NC2CCCC2)CCCC1)C(=O)OC(C)(C)C. The van der Waals surface area contributed by atoms with E-state index in [0.717, 1.165) is 38.5 Å². The molecule has 2 saturated carbocycles. The smallest absolute Gasteiger partial charge is 0.311 e. The molecule has 0 aromatic carbocycles. The molecule has 0 spiro atoms. The summed E-state index contributed by atoms with van der Waals surface area (Å²) in [6, 6.07) is 0.294. The van der Waals surface area contributed by atoms with Crippen molar-refractivity contribution < 1.29 is 23.8 Å². The zero-order valence-corrected chi connectivity index (χ0v) is 18.2. The Morgan fingerprint density at radius 2 is 1.71 bits per heavy atom. The van der Waals surface area contributed by atoms with Gasteiger partial charge in [0.1, 0.15) is 5.60 Å². The topological polar surface area (TPSA) is 73.9 Å². The summed E-state index contributed by atoms with van der Waals surface area (Å²) in [6.07, 6.45) is 8.74. The van der Waals surface area contributed by atoms with Crippen LogP contribution in [-0.2, 0) is 23.8 Å². The van der Waals surface area contributed by atoms with Crippen molar-refractivity contribution in [3.05, 3.63) is 0 Å². The van der Waals surface area contributed by atoms with Gasteiger partial charge < -0.3 is 19.5 Å². The minimum absolute atomic E-state index is 0.127. The summed E-state index contributed by atoms with van der Waals surface area (Å²) in [5.41, 5.74) is -1.04. The molecule has 0 bridgehead atoms. The lowest BCUT2D eigenvalue weighted by Crippen LogP contribution is -2.46. The summed E-state index contributed by atoms with van der Waals surface area (Å²) in [5.74, 6) is -0.587. The van der Waals surface area contributed by atoms with E-state index in [2.05, 4.69) is 5.32 Å². The summed E-state index contributed by atoms with van der Waals surface area (Å²) in [4.78, 5) is 26.1. The third kappa shape index (κ3) is 7.03. The molecular weight excluding hydrogens is 358 g/mol. The maximum absolute atomic E-state index is 13.2. The highest BCUT2D eigenvalue weighted by molar-refractivity contribution is 5.84. The summed E-state index contributed by atoms with van der Waals surface area (Å²) in [6.45, 7) is 6.77. The molecular formula is C22H39NO5. The predicted molar refractivity (Wildman–Crippen MR) is 108 cm³/mol. The van der Waals surface area contributed by atoms with Gasteiger partial charge in [0.2, 0.25) is 5.91 Å². The molecule has 0 saturated heterocycles. The van der Waals surface area contributed by atoms with E-state index in [0.29, 0.717) is 25.7 Å². The fourth-order valence-corrected chi connectivity index (χ4v) is 4.42. The molecule has 6 heteroatoms. The summed E-state index contributed by atoms with van der Waals surface area (Å²) in [7, 11) is 1.62. The van der Waals surface area contributed by atoms with Gasteiger partial charge in [-0.25, -0.2) is 0 Å². The molecule has 2 rings (SSSR count). The first kappa shape index (κ1) is 23.1. The van der Waals surface area contributed by atoms with Gasteiger partial charge in [0.05, 0.1) is 31.2 Å². The summed E-state index contributed by atoms with van der Waals surface area (Å²) < 4.78 is 16.4. The highest BCUT2D eigenvalue weighted by Crippen LogP contribution is 2.44. The Morgan fingerprint density at radius 1 is 1.07 bits per heavy atom. The number of methoxy groups -OCH3 is 1. The fourth-order valence-electron chi connectivity index (χ4n) is 4.42. The van der Waals surface area contributed by atoms with E-state index in [1.807, 2.05) is 20.8 Å². The van der Waals surface area contributed by atoms with Gasteiger partial charge >= 0.3 is 5.97 Å². The lowest BCUT2D eigenvalue weighted by Gasteiger charge is -2.33. The standard InChI is InChI=1S/C22H39NO5/c1-21(2,3)28-19(24)17(16-27-14-13-26-4)15-22(11-7-8-12-22)20(25)23-18-9-5-6-10-18/h17-18H,5-16H2,1-4H3,(H,23,25). The van der Waals surface area contributed by atoms with Gasteiger partial charge in [0.25, 0.3) is 0 Å². The maximum atomic E-state index is 13.2. The van der Waals surface area contributed by atoms with E-state index in [4.69, 9.17) is 14.2 Å². The van der Waals surface area contributed by atoms with Crippen LogP contribution in [0, 0.1) is 11.3 Å². The maximum Gasteiger partial charge on any atom is 0.311 e. The second-order valence-corrected chi connectivity index (χ2v) is 9.44. The minimum Gasteiger partial charge on any atom is -0.460 e. The van der Waals surface area contributed by atoms with Crippen molar-refractivity contribution in [1.82, 2.24) is 5.32 Å². The van der Waals surface area contributed by atoms with Crippen molar-refractivity contribution in [3.63, 3.8) is 0 Å². The zero-order valence-electron chi connectivity index (χ0n) is 18.2. The van der Waals surface area contributed by atoms with Crippen molar-refractivity contribution in [2.24, 2.45) is 11.3 Å². The molecule has 2 aliphatic rings. The number of esters is 1. The van der Waals surface area contributed by atoms with E-state index in [1.54, 1.807) is 7.11 Å². The lowest BCUT2D eigenvalue weighted by atomic mass is 9.76. The Bertz CT molecular complexity index is 502. The minimum atomic E-state index is -0.559. The molecule has 2 fully saturated rings. The number of amides is 1. The van der Waals surface area contributed by atoms with Gasteiger partial charge in [-0.2, -0.15) is 0 Å². The molecule has 162 valence electrons. The van der Waals surface area contributed by atoms with Crippen LogP contribution in [0.4, 0.5) is 0 Å². The highest BCUT2D eigenvalue weighted by atomic mass is 16.6. The molecule has 0 aromatic rings. The summed E-state index contributed by atoms with van der Waals surface area (Å²) >= 11 is 0. The van der Waals surface area contributed by atoms with Crippen molar-refractivity contribution in [2.75, 3.05) is 26.9 Å². The number of hydrogen-bond donors (Lipinski definition) is 1. The Kier molecular flexibility index (Phi) is 8.75. The number of rotatable bonds is 10. The molecule has 1 amide bonds. The van der Waals surface area contributed by atoms with E-state index >= 15 is 0 Å². The third-order valence-electron chi connectivity index (χ3n) is 5.86. The Labute approximate surface area is 170 Å². The van der Waals surface area contributed by atoms with Crippen LogP contribution in [0.3, 0.4) is 0 Å². The van der Waals surface area contributed by atoms with E-state index < -0.39 is 16.9 Å². The van der Waals surface area contributed by atoms with Gasteiger partial charge in [-0.05, 0) is 52.9 Å². The zero-order chi connectivity index (χ0) is 20.6. The molecule has 2 aliphatic carbocycles. The van der Waals surface area contributed by atoms with Crippen molar-refractivity contribution in [3.8, 4) is 0 Å². The number of nitrogens with one attached hydrogen (secondary N) is 1. The van der Waals surface area contributed by atoms with Crippen molar-refractivity contribution in [2.45, 2.75) is 90.2 Å². The molecule has 28 heavy (non-hydrogen) atoms. The molecule has 1 unspecified atom stereocenters. The van der Waals surface area contributed by atoms with Crippen LogP contribution in [-0.4, -0.2) is 50.4 Å². The van der Waals surface area contributed by atoms with Gasteiger partial charge in [0.15, 0.2) is 0 Å². The Balaban J connectivity index is 2.07. The molecule has 1 N–H and O–H groups in total. The van der Waals surface area contributed by atoms with E-state index in [1.165, 1.54) is 12.8 Å². The van der Waals surface area contributed by atoms with Crippen LogP contribution in [0.2, 0.25) is 0 Å². The molecule has 1 atom stereocenters. The largest absolute Gasteiger partial charge is 0.460 e. The monoisotopic (exact) mass is 397 g/mol. The van der Waals surface area contributed by atoms with Crippen LogP contribution >= 0.6 is 0 Å². The number of hydrogen-bond acceptors (Lipinski definition) is 5. The second kappa shape index (κ2) is 10.6. The predicted octanol–water partition coefficient (Wildman–Crippen LogP) is 3.62. The van der Waals surface area contributed by atoms with Crippen molar-refractivity contribution >= 4 is 11.9 Å². The van der Waals surface area contributed by atoms with Gasteiger partial charge in [-0.1, -0.05) is 25.7 Å². The number of carbonyl (C=O) groups is 2. The van der Waals surface area contributed by atoms with Crippen LogP contribution in [0.5, 0.6) is 0 Å². The Hall–Kier alpha value is -1.14. The van der Waals surface area contributed by atoms with Gasteiger partial charge in [-0.3, -0.25) is 9.59 Å². The van der Waals surface area contributed by atoms with Crippen LogP contribution in [0.15, 0.2) is 0 Å². The quantitative estimate of drug-likeness (QED) is 0.450. The first-order chi connectivity index (χ1) is 13.3. The van der Waals surface area contributed by atoms with Gasteiger partial charge in [-0.15, -0.1) is 0 Å². The third-order valence-corrected chi connectivity index (χ3v) is 5.86. The van der Waals surface area contributed by atoms with E-state index in [9.17, 15) is 9.59 Å². The van der Waals surface area contributed by atoms with E-state index in [-0.39, 0.29) is 18.5 Å². The van der Waals surface area contributed by atoms with Crippen LogP contribution < -0.4 is 5.32 Å². The first-order valence-electron chi connectivity index (χ1n) is 10.9. The number of ether oxygens (including phenoxy) is 3.